The lowest BCUT2D eigenvalue weighted by Gasteiger charge is -2.42. The Morgan fingerprint density at radius 1 is 1.33 bits per heavy atom. The van der Waals surface area contributed by atoms with E-state index in [-0.39, 0.29) is 17.3 Å². The summed E-state index contributed by atoms with van der Waals surface area (Å²) in [6.07, 6.45) is 3.17. The molecule has 1 aliphatic heterocycles. The van der Waals surface area contributed by atoms with E-state index in [1.807, 2.05) is 49.1 Å². The molecule has 0 bridgehead atoms. The lowest BCUT2D eigenvalue weighted by Crippen LogP contribution is -2.56. The molecule has 6 heteroatoms. The first-order chi connectivity index (χ1) is 11.4. The van der Waals surface area contributed by atoms with Crippen molar-refractivity contribution in [3.05, 3.63) is 53.1 Å². The number of aryl methyl sites for hydroxylation is 1. The lowest BCUT2D eigenvalue weighted by atomic mass is 10.1. The van der Waals surface area contributed by atoms with E-state index in [2.05, 4.69) is 4.98 Å². The average Bonchev–Trinajstić information content (AvgIpc) is 2.55. The molecule has 0 spiro atoms. The van der Waals surface area contributed by atoms with Crippen molar-refractivity contribution in [3.8, 4) is 5.75 Å². The second-order valence-corrected chi connectivity index (χ2v) is 6.67. The zero-order chi connectivity index (χ0) is 17.2. The molecule has 1 aliphatic rings. The molecule has 0 aliphatic carbocycles. The van der Waals surface area contributed by atoms with Gasteiger partial charge in [-0.2, -0.15) is 0 Å². The fourth-order valence-corrected chi connectivity index (χ4v) is 2.95. The highest BCUT2D eigenvalue weighted by molar-refractivity contribution is 5.37. The van der Waals surface area contributed by atoms with Crippen LogP contribution in [0.15, 0.2) is 47.5 Å². The van der Waals surface area contributed by atoms with Crippen LogP contribution in [0.1, 0.15) is 13.8 Å². The van der Waals surface area contributed by atoms with Crippen molar-refractivity contribution in [1.29, 1.82) is 0 Å². The third-order valence-electron chi connectivity index (χ3n) is 3.96. The summed E-state index contributed by atoms with van der Waals surface area (Å²) in [6.45, 7) is 5.64. The Hall–Kier alpha value is -2.34. The van der Waals surface area contributed by atoms with Crippen LogP contribution >= 0.6 is 0 Å². The fraction of sp³-hybridized carbons (Fsp3) is 0.444. The number of para-hydroxylation sites is 1. The van der Waals surface area contributed by atoms with Crippen LogP contribution in [0.4, 0.5) is 5.82 Å². The maximum Gasteiger partial charge on any atom is 0.293 e. The number of aromatic nitrogens is 2. The highest BCUT2D eigenvalue weighted by Crippen LogP contribution is 2.24. The summed E-state index contributed by atoms with van der Waals surface area (Å²) in [4.78, 5) is 18.6. The van der Waals surface area contributed by atoms with Crippen molar-refractivity contribution < 1.29 is 9.47 Å². The van der Waals surface area contributed by atoms with Gasteiger partial charge in [-0.3, -0.25) is 4.79 Å². The number of nitrogens with zero attached hydrogens (tertiary/aromatic N) is 3. The molecule has 2 aromatic rings. The number of anilines is 1. The number of morpholine rings is 1. The van der Waals surface area contributed by atoms with Crippen LogP contribution in [0.25, 0.3) is 0 Å². The van der Waals surface area contributed by atoms with Crippen LogP contribution in [0.3, 0.4) is 0 Å². The van der Waals surface area contributed by atoms with E-state index in [1.165, 1.54) is 0 Å². The molecular weight excluding hydrogens is 306 g/mol. The minimum atomic E-state index is -0.383. The van der Waals surface area contributed by atoms with Crippen molar-refractivity contribution in [2.24, 2.45) is 7.05 Å². The van der Waals surface area contributed by atoms with Crippen molar-refractivity contribution in [2.75, 3.05) is 24.6 Å². The van der Waals surface area contributed by atoms with Gasteiger partial charge in [0.05, 0.1) is 5.60 Å². The minimum absolute atomic E-state index is 0.0991. The van der Waals surface area contributed by atoms with Crippen molar-refractivity contribution in [2.45, 2.75) is 25.6 Å². The summed E-state index contributed by atoms with van der Waals surface area (Å²) in [6, 6.07) is 9.65. The second-order valence-electron chi connectivity index (χ2n) is 6.67. The molecule has 1 saturated heterocycles. The van der Waals surface area contributed by atoms with Gasteiger partial charge >= 0.3 is 0 Å². The van der Waals surface area contributed by atoms with Gasteiger partial charge in [-0.25, -0.2) is 4.98 Å². The van der Waals surface area contributed by atoms with Gasteiger partial charge < -0.3 is 18.9 Å². The van der Waals surface area contributed by atoms with Crippen LogP contribution in [-0.4, -0.2) is 41.0 Å². The van der Waals surface area contributed by atoms with Gasteiger partial charge in [0.1, 0.15) is 18.5 Å². The smallest absolute Gasteiger partial charge is 0.293 e. The molecule has 24 heavy (non-hydrogen) atoms. The SMILES string of the molecule is Cn1ccnc(N2C[C@@H](COc3ccccc3)OC(C)(C)C2)c1=O. The maximum absolute atomic E-state index is 12.4. The number of hydrogen-bond acceptors (Lipinski definition) is 5. The zero-order valence-corrected chi connectivity index (χ0v) is 14.3. The van der Waals surface area contributed by atoms with Crippen molar-refractivity contribution >= 4 is 5.82 Å². The third-order valence-corrected chi connectivity index (χ3v) is 3.96. The number of ether oxygens (including phenoxy) is 2. The largest absolute Gasteiger partial charge is 0.491 e. The Labute approximate surface area is 141 Å². The predicted octanol–water partition coefficient (Wildman–Crippen LogP) is 1.84. The van der Waals surface area contributed by atoms with Gasteiger partial charge in [0, 0.05) is 32.5 Å². The van der Waals surface area contributed by atoms with E-state index < -0.39 is 0 Å². The molecule has 0 unspecified atom stereocenters. The van der Waals surface area contributed by atoms with Crippen LogP contribution in [0.5, 0.6) is 5.75 Å². The Morgan fingerprint density at radius 3 is 2.83 bits per heavy atom. The molecule has 1 fully saturated rings. The molecule has 1 aromatic carbocycles. The Balaban J connectivity index is 1.75. The van der Waals surface area contributed by atoms with E-state index in [4.69, 9.17) is 9.47 Å². The fourth-order valence-electron chi connectivity index (χ4n) is 2.95. The molecule has 0 saturated carbocycles. The Kier molecular flexibility index (Phi) is 4.57. The molecule has 3 rings (SSSR count). The van der Waals surface area contributed by atoms with Gasteiger partial charge in [-0.1, -0.05) is 18.2 Å². The van der Waals surface area contributed by atoms with Crippen LogP contribution in [0, 0.1) is 0 Å². The number of benzene rings is 1. The number of rotatable bonds is 4. The van der Waals surface area contributed by atoms with Gasteiger partial charge in [0.15, 0.2) is 5.82 Å². The summed E-state index contributed by atoms with van der Waals surface area (Å²) in [5.74, 6) is 1.27. The van der Waals surface area contributed by atoms with Crippen LogP contribution in [0.2, 0.25) is 0 Å². The van der Waals surface area contributed by atoms with E-state index in [0.29, 0.717) is 25.5 Å². The molecule has 128 valence electrons. The summed E-state index contributed by atoms with van der Waals surface area (Å²) in [7, 11) is 1.73. The summed E-state index contributed by atoms with van der Waals surface area (Å²) in [5.41, 5.74) is -0.483. The molecule has 6 nitrogen and oxygen atoms in total. The van der Waals surface area contributed by atoms with E-state index >= 15 is 0 Å². The summed E-state index contributed by atoms with van der Waals surface area (Å²) in [5, 5.41) is 0. The molecule has 1 aromatic heterocycles. The highest BCUT2D eigenvalue weighted by atomic mass is 16.5. The predicted molar refractivity (Wildman–Crippen MR) is 92.6 cm³/mol. The first-order valence-electron chi connectivity index (χ1n) is 8.07. The standard InChI is InChI=1S/C18H23N3O3/c1-18(2)13-21(16-17(22)20(3)10-9-19-16)11-15(24-18)12-23-14-7-5-4-6-8-14/h4-10,15H,11-13H2,1-3H3/t15-/m0/s1. The minimum Gasteiger partial charge on any atom is -0.491 e. The first-order valence-corrected chi connectivity index (χ1v) is 8.07. The normalized spacial score (nSPS) is 20.0. The van der Waals surface area contributed by atoms with E-state index in [9.17, 15) is 4.79 Å². The van der Waals surface area contributed by atoms with Crippen LogP contribution in [-0.2, 0) is 11.8 Å². The summed E-state index contributed by atoms with van der Waals surface area (Å²) >= 11 is 0. The molecular formula is C18H23N3O3. The van der Waals surface area contributed by atoms with Gasteiger partial charge in [-0.15, -0.1) is 0 Å². The van der Waals surface area contributed by atoms with Crippen molar-refractivity contribution in [1.82, 2.24) is 9.55 Å². The Morgan fingerprint density at radius 2 is 2.08 bits per heavy atom. The maximum atomic E-state index is 12.4. The second kappa shape index (κ2) is 6.65. The number of hydrogen-bond donors (Lipinski definition) is 0. The third kappa shape index (κ3) is 3.76. The monoisotopic (exact) mass is 329 g/mol. The lowest BCUT2D eigenvalue weighted by molar-refractivity contribution is -0.0972. The van der Waals surface area contributed by atoms with Crippen molar-refractivity contribution in [3.63, 3.8) is 0 Å². The average molecular weight is 329 g/mol. The summed E-state index contributed by atoms with van der Waals surface area (Å²) < 4.78 is 13.5. The van der Waals surface area contributed by atoms with E-state index in [1.54, 1.807) is 24.0 Å². The van der Waals surface area contributed by atoms with Crippen LogP contribution < -0.4 is 15.2 Å². The quantitative estimate of drug-likeness (QED) is 0.857. The molecule has 2 heterocycles. The molecule has 0 amide bonds. The molecule has 0 radical (unpaired) electrons. The van der Waals surface area contributed by atoms with Gasteiger partial charge in [0.2, 0.25) is 0 Å². The van der Waals surface area contributed by atoms with E-state index in [0.717, 1.165) is 5.75 Å². The Bertz CT molecular complexity index is 743. The van der Waals surface area contributed by atoms with Gasteiger partial charge in [-0.05, 0) is 26.0 Å². The molecule has 1 atom stereocenters. The zero-order valence-electron chi connectivity index (χ0n) is 14.3. The highest BCUT2D eigenvalue weighted by Gasteiger charge is 2.35. The topological polar surface area (TPSA) is 56.6 Å². The first kappa shape index (κ1) is 16.5. The van der Waals surface area contributed by atoms with Gasteiger partial charge in [0.25, 0.3) is 5.56 Å². The molecule has 0 N–H and O–H groups in total.